The molecule has 76 valence electrons. The van der Waals surface area contributed by atoms with Gasteiger partial charge in [0.1, 0.15) is 5.82 Å². The van der Waals surface area contributed by atoms with Crippen LogP contribution in [-0.2, 0) is 0 Å². The fraction of sp³-hybridized carbons (Fsp3) is 0.0769. The van der Waals surface area contributed by atoms with Gasteiger partial charge in [0.25, 0.3) is 0 Å². The van der Waals surface area contributed by atoms with Crippen molar-refractivity contribution >= 4 is 22.6 Å². The quantitative estimate of drug-likeness (QED) is 0.685. The van der Waals surface area contributed by atoms with Crippen molar-refractivity contribution < 1.29 is 4.39 Å². The van der Waals surface area contributed by atoms with Gasteiger partial charge in [-0.1, -0.05) is 29.8 Å². The van der Waals surface area contributed by atoms with Crippen molar-refractivity contribution in [3.63, 3.8) is 0 Å². The Bertz CT molecular complexity index is 474. The van der Waals surface area contributed by atoms with Crippen LogP contribution < -0.4 is 0 Å². The molecule has 0 aliphatic heterocycles. The minimum Gasteiger partial charge on any atom is -0.206 e. The largest absolute Gasteiger partial charge is 0.206 e. The Labute approximate surface area is 102 Å². The summed E-state index contributed by atoms with van der Waals surface area (Å²) >= 11 is 2.19. The van der Waals surface area contributed by atoms with Crippen LogP contribution in [-0.4, -0.2) is 0 Å². The van der Waals surface area contributed by atoms with Crippen LogP contribution in [0.3, 0.4) is 0 Å². The molecule has 0 aliphatic carbocycles. The van der Waals surface area contributed by atoms with Crippen LogP contribution in [0.15, 0.2) is 42.5 Å². The van der Waals surface area contributed by atoms with E-state index in [4.69, 9.17) is 0 Å². The molecule has 15 heavy (non-hydrogen) atoms. The predicted molar refractivity (Wildman–Crippen MR) is 69.3 cm³/mol. The molecular formula is C13H10FI. The van der Waals surface area contributed by atoms with E-state index in [9.17, 15) is 4.39 Å². The van der Waals surface area contributed by atoms with Gasteiger partial charge in [-0.15, -0.1) is 0 Å². The fourth-order valence-corrected chi connectivity index (χ4v) is 1.94. The van der Waals surface area contributed by atoms with E-state index in [-0.39, 0.29) is 5.82 Å². The molecule has 0 aromatic heterocycles. The second-order valence-corrected chi connectivity index (χ2v) is 4.74. The molecular weight excluding hydrogens is 302 g/mol. The van der Waals surface area contributed by atoms with Gasteiger partial charge in [-0.3, -0.25) is 0 Å². The van der Waals surface area contributed by atoms with Crippen LogP contribution in [0.2, 0.25) is 0 Å². The van der Waals surface area contributed by atoms with Crippen molar-refractivity contribution in [1.82, 2.24) is 0 Å². The minimum atomic E-state index is -0.167. The van der Waals surface area contributed by atoms with Crippen molar-refractivity contribution in [3.8, 4) is 11.1 Å². The number of hydrogen-bond donors (Lipinski definition) is 0. The molecule has 0 radical (unpaired) electrons. The zero-order valence-corrected chi connectivity index (χ0v) is 10.5. The third kappa shape index (κ3) is 2.37. The van der Waals surface area contributed by atoms with E-state index in [1.165, 1.54) is 11.6 Å². The molecule has 2 aromatic rings. The summed E-state index contributed by atoms with van der Waals surface area (Å²) < 4.78 is 14.6. The predicted octanol–water partition coefficient (Wildman–Crippen LogP) is 4.41. The molecule has 0 nitrogen and oxygen atoms in total. The summed E-state index contributed by atoms with van der Waals surface area (Å²) in [4.78, 5) is 0. The molecule has 0 saturated carbocycles. The molecule has 0 aliphatic rings. The van der Waals surface area contributed by atoms with Crippen LogP contribution in [0.5, 0.6) is 0 Å². The Morgan fingerprint density at radius 2 is 1.67 bits per heavy atom. The molecule has 0 heterocycles. The molecule has 2 heteroatoms. The summed E-state index contributed by atoms with van der Waals surface area (Å²) in [5, 5.41) is 0. The molecule has 0 N–H and O–H groups in total. The molecule has 0 atom stereocenters. The Kier molecular flexibility index (Phi) is 3.05. The summed E-state index contributed by atoms with van der Waals surface area (Å²) in [7, 11) is 0. The average molecular weight is 312 g/mol. The lowest BCUT2D eigenvalue weighted by molar-refractivity contribution is 0.631. The van der Waals surface area contributed by atoms with Crippen LogP contribution in [0.4, 0.5) is 4.39 Å². The lowest BCUT2D eigenvalue weighted by atomic mass is 10.0. The van der Waals surface area contributed by atoms with E-state index in [1.54, 1.807) is 6.07 Å². The second kappa shape index (κ2) is 4.31. The average Bonchev–Trinajstić information content (AvgIpc) is 2.23. The number of rotatable bonds is 1. The summed E-state index contributed by atoms with van der Waals surface area (Å²) in [5.41, 5.74) is 2.78. The third-order valence-electron chi connectivity index (χ3n) is 2.29. The van der Waals surface area contributed by atoms with Gasteiger partial charge < -0.3 is 0 Å². The Morgan fingerprint density at radius 3 is 2.33 bits per heavy atom. The lowest BCUT2D eigenvalue weighted by Gasteiger charge is -2.04. The van der Waals surface area contributed by atoms with Crippen molar-refractivity contribution in [3.05, 3.63) is 57.4 Å². The first-order valence-electron chi connectivity index (χ1n) is 4.69. The van der Waals surface area contributed by atoms with E-state index >= 15 is 0 Å². The highest BCUT2D eigenvalue weighted by molar-refractivity contribution is 14.1. The van der Waals surface area contributed by atoms with Crippen LogP contribution in [0, 0.1) is 16.3 Å². The first-order chi connectivity index (χ1) is 7.16. The normalized spacial score (nSPS) is 10.3. The Hall–Kier alpha value is -0.900. The van der Waals surface area contributed by atoms with Gasteiger partial charge in [0.2, 0.25) is 0 Å². The van der Waals surface area contributed by atoms with E-state index in [0.717, 1.165) is 9.13 Å². The molecule has 2 aromatic carbocycles. The van der Waals surface area contributed by atoms with Gasteiger partial charge in [-0.25, -0.2) is 4.39 Å². The first kappa shape index (κ1) is 10.6. The van der Waals surface area contributed by atoms with Crippen molar-refractivity contribution in [2.24, 2.45) is 0 Å². The van der Waals surface area contributed by atoms with Gasteiger partial charge in [0.05, 0.1) is 0 Å². The Morgan fingerprint density at radius 1 is 1.00 bits per heavy atom. The zero-order chi connectivity index (χ0) is 10.8. The lowest BCUT2D eigenvalue weighted by Crippen LogP contribution is -1.85. The van der Waals surface area contributed by atoms with E-state index in [1.807, 2.05) is 37.3 Å². The first-order valence-corrected chi connectivity index (χ1v) is 5.77. The Balaban J connectivity index is 2.53. The summed E-state index contributed by atoms with van der Waals surface area (Å²) in [6, 6.07) is 13.0. The highest BCUT2D eigenvalue weighted by Crippen LogP contribution is 2.24. The maximum absolute atomic E-state index is 13.6. The van der Waals surface area contributed by atoms with Crippen LogP contribution in [0.25, 0.3) is 11.1 Å². The van der Waals surface area contributed by atoms with Crippen molar-refractivity contribution in [2.45, 2.75) is 6.92 Å². The molecule has 0 unspecified atom stereocenters. The molecule has 0 fully saturated rings. The summed E-state index contributed by atoms with van der Waals surface area (Å²) in [6.45, 7) is 2.02. The maximum Gasteiger partial charge on any atom is 0.131 e. The summed E-state index contributed by atoms with van der Waals surface area (Å²) in [6.07, 6.45) is 0. The van der Waals surface area contributed by atoms with Crippen LogP contribution >= 0.6 is 22.6 Å². The highest BCUT2D eigenvalue weighted by Gasteiger charge is 2.04. The van der Waals surface area contributed by atoms with Crippen LogP contribution in [0.1, 0.15) is 5.56 Å². The number of benzene rings is 2. The van der Waals surface area contributed by atoms with Gasteiger partial charge in [-0.05, 0) is 53.3 Å². The standard InChI is InChI=1S/C13H10FI/c1-9-2-4-10(5-3-9)12-8-11(15)6-7-13(12)14/h2-8H,1H3. The van der Waals surface area contributed by atoms with E-state index in [2.05, 4.69) is 22.6 Å². The van der Waals surface area contributed by atoms with Gasteiger partial charge >= 0.3 is 0 Å². The monoisotopic (exact) mass is 312 g/mol. The second-order valence-electron chi connectivity index (χ2n) is 3.49. The van der Waals surface area contributed by atoms with E-state index in [0.29, 0.717) is 5.56 Å². The van der Waals surface area contributed by atoms with Gasteiger partial charge in [0.15, 0.2) is 0 Å². The number of hydrogen-bond acceptors (Lipinski definition) is 0. The highest BCUT2D eigenvalue weighted by atomic mass is 127. The zero-order valence-electron chi connectivity index (χ0n) is 8.30. The summed E-state index contributed by atoms with van der Waals surface area (Å²) in [5.74, 6) is -0.167. The number of aryl methyl sites for hydroxylation is 1. The van der Waals surface area contributed by atoms with Crippen molar-refractivity contribution in [2.75, 3.05) is 0 Å². The van der Waals surface area contributed by atoms with Gasteiger partial charge in [-0.2, -0.15) is 0 Å². The maximum atomic E-state index is 13.6. The third-order valence-corrected chi connectivity index (χ3v) is 2.96. The molecule has 0 bridgehead atoms. The minimum absolute atomic E-state index is 0.167. The van der Waals surface area contributed by atoms with Gasteiger partial charge in [0, 0.05) is 9.13 Å². The molecule has 2 rings (SSSR count). The number of halogens is 2. The topological polar surface area (TPSA) is 0 Å². The molecule has 0 saturated heterocycles. The van der Waals surface area contributed by atoms with Crippen molar-refractivity contribution in [1.29, 1.82) is 0 Å². The van der Waals surface area contributed by atoms with E-state index < -0.39 is 0 Å². The smallest absolute Gasteiger partial charge is 0.131 e. The SMILES string of the molecule is Cc1ccc(-c2cc(I)ccc2F)cc1. The fourth-order valence-electron chi connectivity index (χ4n) is 1.45. The molecule has 0 amide bonds. The molecule has 0 spiro atoms.